The van der Waals surface area contributed by atoms with Gasteiger partial charge in [0.1, 0.15) is 0 Å². The third-order valence-corrected chi connectivity index (χ3v) is 2.87. The van der Waals surface area contributed by atoms with E-state index in [2.05, 4.69) is 25.7 Å². The second-order valence-electron chi connectivity index (χ2n) is 4.28. The topological polar surface area (TPSA) is 118 Å². The van der Waals surface area contributed by atoms with Crippen molar-refractivity contribution < 1.29 is 9.53 Å². The first-order valence-electron chi connectivity index (χ1n) is 6.60. The van der Waals surface area contributed by atoms with Crippen molar-refractivity contribution in [3.8, 4) is 6.01 Å². The van der Waals surface area contributed by atoms with Gasteiger partial charge in [-0.3, -0.25) is 10.2 Å². The van der Waals surface area contributed by atoms with Gasteiger partial charge in [-0.05, 0) is 19.8 Å². The van der Waals surface area contributed by atoms with E-state index in [-0.39, 0.29) is 30.4 Å². The summed E-state index contributed by atoms with van der Waals surface area (Å²) in [5.74, 6) is 5.74. The molecule has 110 valence electrons. The van der Waals surface area contributed by atoms with Crippen LogP contribution in [0.4, 0.5) is 11.9 Å². The average Bonchev–Trinajstić information content (AvgIpc) is 2.99. The number of rotatable bonds is 6. The van der Waals surface area contributed by atoms with Crippen molar-refractivity contribution in [1.82, 2.24) is 19.9 Å². The van der Waals surface area contributed by atoms with E-state index in [0.717, 1.165) is 25.9 Å². The van der Waals surface area contributed by atoms with Crippen molar-refractivity contribution in [2.24, 2.45) is 5.84 Å². The summed E-state index contributed by atoms with van der Waals surface area (Å²) in [4.78, 5) is 25.7. The summed E-state index contributed by atoms with van der Waals surface area (Å²) in [6.07, 6.45) is 2.13. The number of nitrogens with zero attached hydrogens (tertiary/aromatic N) is 4. The minimum atomic E-state index is 0.0307. The molecule has 0 bridgehead atoms. The summed E-state index contributed by atoms with van der Waals surface area (Å²) in [6, 6.07) is 0.159. The number of aromatic nitrogens is 3. The third kappa shape index (κ3) is 3.67. The van der Waals surface area contributed by atoms with E-state index in [9.17, 15) is 4.79 Å². The fourth-order valence-electron chi connectivity index (χ4n) is 1.93. The predicted molar refractivity (Wildman–Crippen MR) is 73.1 cm³/mol. The molecule has 0 unspecified atom stereocenters. The molecule has 0 atom stereocenters. The largest absolute Gasteiger partial charge is 0.464 e. The summed E-state index contributed by atoms with van der Waals surface area (Å²) in [5.41, 5.74) is 2.33. The number of hydrazine groups is 1. The van der Waals surface area contributed by atoms with Gasteiger partial charge in [0.25, 0.3) is 0 Å². The number of nitrogens with two attached hydrogens (primary N) is 1. The molecule has 1 aliphatic rings. The second kappa shape index (κ2) is 6.85. The van der Waals surface area contributed by atoms with Crippen LogP contribution in [0.1, 0.15) is 19.8 Å². The number of carbonyl (C=O) groups is 1. The molecule has 0 radical (unpaired) electrons. The van der Waals surface area contributed by atoms with Crippen LogP contribution in [0.5, 0.6) is 6.01 Å². The SMILES string of the molecule is CCOc1nc(NN)nc(NCC(=O)N2CCCC2)n1. The highest BCUT2D eigenvalue weighted by Crippen LogP contribution is 2.11. The number of ether oxygens (including phenoxy) is 1. The molecule has 4 N–H and O–H groups in total. The number of anilines is 2. The van der Waals surface area contributed by atoms with Crippen LogP contribution in [0.25, 0.3) is 0 Å². The van der Waals surface area contributed by atoms with E-state index >= 15 is 0 Å². The Bertz CT molecular complexity index is 462. The van der Waals surface area contributed by atoms with Crippen LogP contribution in [0.2, 0.25) is 0 Å². The predicted octanol–water partition coefficient (Wildman–Crippen LogP) is -0.410. The first-order valence-corrected chi connectivity index (χ1v) is 6.60. The lowest BCUT2D eigenvalue weighted by atomic mass is 10.4. The van der Waals surface area contributed by atoms with Crippen LogP contribution < -0.4 is 21.3 Å². The highest BCUT2D eigenvalue weighted by atomic mass is 16.5. The number of likely N-dealkylation sites (tertiary alicyclic amines) is 1. The van der Waals surface area contributed by atoms with E-state index in [0.29, 0.717) is 6.61 Å². The van der Waals surface area contributed by atoms with Gasteiger partial charge >= 0.3 is 6.01 Å². The lowest BCUT2D eigenvalue weighted by Crippen LogP contribution is -2.33. The van der Waals surface area contributed by atoms with Gasteiger partial charge in [0.2, 0.25) is 17.8 Å². The van der Waals surface area contributed by atoms with Crippen LogP contribution in [-0.2, 0) is 4.79 Å². The van der Waals surface area contributed by atoms with Gasteiger partial charge in [0.05, 0.1) is 13.2 Å². The average molecular weight is 281 g/mol. The first-order chi connectivity index (χ1) is 9.72. The fourth-order valence-corrected chi connectivity index (χ4v) is 1.93. The Labute approximate surface area is 116 Å². The van der Waals surface area contributed by atoms with Gasteiger partial charge in [-0.15, -0.1) is 0 Å². The molecule has 1 amide bonds. The van der Waals surface area contributed by atoms with E-state index < -0.39 is 0 Å². The molecule has 9 nitrogen and oxygen atoms in total. The zero-order valence-corrected chi connectivity index (χ0v) is 11.4. The van der Waals surface area contributed by atoms with Gasteiger partial charge in [-0.1, -0.05) is 0 Å². The van der Waals surface area contributed by atoms with Crippen LogP contribution in [0.15, 0.2) is 0 Å². The van der Waals surface area contributed by atoms with Gasteiger partial charge in [-0.25, -0.2) is 5.84 Å². The molecule has 1 saturated heterocycles. The number of hydrogen-bond donors (Lipinski definition) is 3. The van der Waals surface area contributed by atoms with E-state index in [4.69, 9.17) is 10.6 Å². The molecule has 1 fully saturated rings. The van der Waals surface area contributed by atoms with E-state index in [1.165, 1.54) is 0 Å². The van der Waals surface area contributed by atoms with Gasteiger partial charge < -0.3 is 15.0 Å². The minimum absolute atomic E-state index is 0.0307. The molecular weight excluding hydrogens is 262 g/mol. The Morgan fingerprint density at radius 2 is 2.00 bits per heavy atom. The van der Waals surface area contributed by atoms with Crippen molar-refractivity contribution >= 4 is 17.8 Å². The van der Waals surface area contributed by atoms with E-state index in [1.807, 2.05) is 11.8 Å². The molecule has 0 aliphatic carbocycles. The number of nitrogens with one attached hydrogen (secondary N) is 2. The summed E-state index contributed by atoms with van der Waals surface area (Å²) >= 11 is 0. The van der Waals surface area contributed by atoms with Crippen molar-refractivity contribution in [2.75, 3.05) is 37.0 Å². The molecule has 0 saturated carbocycles. The number of amides is 1. The normalized spacial score (nSPS) is 14.2. The molecule has 2 rings (SSSR count). The molecule has 2 heterocycles. The number of carbonyl (C=O) groups excluding carboxylic acids is 1. The monoisotopic (exact) mass is 281 g/mol. The van der Waals surface area contributed by atoms with E-state index in [1.54, 1.807) is 0 Å². The Kier molecular flexibility index (Phi) is 4.88. The Balaban J connectivity index is 1.97. The van der Waals surface area contributed by atoms with Crippen molar-refractivity contribution in [3.63, 3.8) is 0 Å². The van der Waals surface area contributed by atoms with Crippen LogP contribution in [0, 0.1) is 0 Å². The van der Waals surface area contributed by atoms with Crippen LogP contribution in [-0.4, -0.2) is 52.0 Å². The quantitative estimate of drug-likeness (QED) is 0.475. The number of nitrogen functional groups attached to an aromatic ring is 1. The van der Waals surface area contributed by atoms with Crippen molar-refractivity contribution in [2.45, 2.75) is 19.8 Å². The van der Waals surface area contributed by atoms with Gasteiger partial charge in [0.15, 0.2) is 0 Å². The molecule has 0 aromatic carbocycles. The molecule has 1 aliphatic heterocycles. The maximum absolute atomic E-state index is 11.9. The molecule has 1 aromatic heterocycles. The second-order valence-corrected chi connectivity index (χ2v) is 4.28. The standard InChI is InChI=1S/C11H19N7O2/c1-2-20-11-15-9(14-10(16-11)17-12)13-7-8(19)18-5-3-4-6-18/h2-7,12H2,1H3,(H2,13,14,15,16,17). The summed E-state index contributed by atoms with van der Waals surface area (Å²) in [7, 11) is 0. The van der Waals surface area contributed by atoms with Gasteiger partial charge in [-0.2, -0.15) is 15.0 Å². The summed E-state index contributed by atoms with van der Waals surface area (Å²) < 4.78 is 5.20. The fraction of sp³-hybridized carbons (Fsp3) is 0.636. The molecule has 0 spiro atoms. The highest BCUT2D eigenvalue weighted by molar-refractivity contribution is 5.80. The maximum atomic E-state index is 11.9. The Morgan fingerprint density at radius 3 is 2.65 bits per heavy atom. The smallest absolute Gasteiger partial charge is 0.323 e. The maximum Gasteiger partial charge on any atom is 0.323 e. The van der Waals surface area contributed by atoms with Crippen molar-refractivity contribution in [3.05, 3.63) is 0 Å². The minimum Gasteiger partial charge on any atom is -0.464 e. The lowest BCUT2D eigenvalue weighted by Gasteiger charge is -2.15. The molecule has 9 heteroatoms. The lowest BCUT2D eigenvalue weighted by molar-refractivity contribution is -0.128. The summed E-state index contributed by atoms with van der Waals surface area (Å²) in [5, 5.41) is 2.87. The highest BCUT2D eigenvalue weighted by Gasteiger charge is 2.18. The van der Waals surface area contributed by atoms with Gasteiger partial charge in [0, 0.05) is 13.1 Å². The molecule has 1 aromatic rings. The Hall–Kier alpha value is -2.16. The first kappa shape index (κ1) is 14.3. The van der Waals surface area contributed by atoms with Crippen LogP contribution in [0.3, 0.4) is 0 Å². The zero-order chi connectivity index (χ0) is 14.4. The Morgan fingerprint density at radius 1 is 1.30 bits per heavy atom. The molecular formula is C11H19N7O2. The molecule has 20 heavy (non-hydrogen) atoms. The summed E-state index contributed by atoms with van der Waals surface area (Å²) in [6.45, 7) is 4.03. The number of hydrogen-bond acceptors (Lipinski definition) is 8. The third-order valence-electron chi connectivity index (χ3n) is 2.87. The van der Waals surface area contributed by atoms with Crippen LogP contribution >= 0.6 is 0 Å². The van der Waals surface area contributed by atoms with Crippen molar-refractivity contribution in [1.29, 1.82) is 0 Å². The zero-order valence-electron chi connectivity index (χ0n) is 11.4.